The van der Waals surface area contributed by atoms with E-state index in [4.69, 9.17) is 69.6 Å². The molecule has 2 aliphatic carbocycles. The number of alkyl halides is 4. The number of carboxylic acid groups (broad SMARTS) is 2. The quantitative estimate of drug-likeness (QED) is 0.712. The normalized spacial score (nSPS) is 43.7. The van der Waals surface area contributed by atoms with Gasteiger partial charge in [-0.2, -0.15) is 0 Å². The van der Waals surface area contributed by atoms with Gasteiger partial charge in [-0.15, -0.1) is 23.2 Å². The molecule has 106 valence electrons. The zero-order valence-corrected chi connectivity index (χ0v) is 13.2. The predicted octanol–water partition coefficient (Wildman–Crippen LogP) is 3.23. The zero-order chi connectivity index (χ0) is 15.0. The Labute approximate surface area is 137 Å². The number of aliphatic carboxylic acids is 2. The van der Waals surface area contributed by atoms with Gasteiger partial charge in [-0.1, -0.05) is 46.4 Å². The minimum absolute atomic E-state index is 0.347. The molecular weight excluding hydrogens is 385 g/mol. The molecule has 4 nitrogen and oxygen atoms in total. The molecule has 0 saturated heterocycles. The lowest BCUT2D eigenvalue weighted by molar-refractivity contribution is -0.153. The molecule has 0 aromatic carbocycles. The highest BCUT2D eigenvalue weighted by molar-refractivity contribution is 6.66. The van der Waals surface area contributed by atoms with Crippen LogP contribution in [0.2, 0.25) is 0 Å². The van der Waals surface area contributed by atoms with Gasteiger partial charge in [0.25, 0.3) is 0 Å². The second kappa shape index (κ2) is 4.21. The van der Waals surface area contributed by atoms with Gasteiger partial charge in [0, 0.05) is 0 Å². The lowest BCUT2D eigenvalue weighted by atomic mass is 9.82. The van der Waals surface area contributed by atoms with E-state index >= 15 is 0 Å². The van der Waals surface area contributed by atoms with Crippen molar-refractivity contribution in [2.75, 3.05) is 0 Å². The molecule has 2 unspecified atom stereocenters. The molecule has 0 spiro atoms. The number of hydrogen-bond donors (Lipinski definition) is 2. The fourth-order valence-corrected chi connectivity index (χ4v) is 5.54. The molecule has 0 heterocycles. The SMILES string of the molecule is O=C(O)C1[C@H](C(=O)O)C2(Cl)C(Cl)=C(Cl)[C@@]1(Cl)C2(Cl)Cl. The molecule has 0 radical (unpaired) electrons. The number of fused-ring (bicyclic) bond motifs is 2. The van der Waals surface area contributed by atoms with Crippen LogP contribution in [0.4, 0.5) is 0 Å². The van der Waals surface area contributed by atoms with Gasteiger partial charge < -0.3 is 10.2 Å². The minimum Gasteiger partial charge on any atom is -0.481 e. The van der Waals surface area contributed by atoms with E-state index in [1.54, 1.807) is 0 Å². The lowest BCUT2D eigenvalue weighted by Gasteiger charge is -2.31. The molecule has 2 aliphatic rings. The topological polar surface area (TPSA) is 74.6 Å². The summed E-state index contributed by atoms with van der Waals surface area (Å²) in [6.07, 6.45) is 0. The molecule has 19 heavy (non-hydrogen) atoms. The molecule has 1 saturated carbocycles. The number of rotatable bonds is 2. The standard InChI is InChI=1S/C9H4Cl6O4/c10-3-4(11)8(13)2(6(18)19)1(5(16)17)7(3,12)9(8,14)15/h1-2H,(H,16,17)(H,18,19)/t1-,2?,7?,8-/m1/s1. The van der Waals surface area contributed by atoms with Crippen LogP contribution in [0, 0.1) is 11.8 Å². The maximum absolute atomic E-state index is 11.3. The van der Waals surface area contributed by atoms with Gasteiger partial charge in [-0.25, -0.2) is 0 Å². The Kier molecular flexibility index (Phi) is 3.50. The van der Waals surface area contributed by atoms with E-state index in [1.807, 2.05) is 0 Å². The van der Waals surface area contributed by atoms with E-state index in [9.17, 15) is 19.8 Å². The first-order valence-corrected chi connectivity index (χ1v) is 7.00. The van der Waals surface area contributed by atoms with Crippen LogP contribution in [0.25, 0.3) is 0 Å². The third-order valence-corrected chi connectivity index (χ3v) is 7.73. The average Bonchev–Trinajstić information content (AvgIpc) is 2.48. The average molecular weight is 389 g/mol. The van der Waals surface area contributed by atoms with Gasteiger partial charge in [0.1, 0.15) is 9.75 Å². The van der Waals surface area contributed by atoms with Crippen molar-refractivity contribution < 1.29 is 19.8 Å². The summed E-state index contributed by atoms with van der Waals surface area (Å²) in [4.78, 5) is 18.5. The Balaban J connectivity index is 2.84. The number of carbonyl (C=O) groups is 2. The van der Waals surface area contributed by atoms with Crippen molar-refractivity contribution in [1.29, 1.82) is 0 Å². The molecule has 10 heteroatoms. The molecule has 2 bridgehead atoms. The summed E-state index contributed by atoms with van der Waals surface area (Å²) in [5.41, 5.74) is 0. The predicted molar refractivity (Wildman–Crippen MR) is 72.6 cm³/mol. The van der Waals surface area contributed by atoms with Crippen LogP contribution in [0.15, 0.2) is 10.1 Å². The lowest BCUT2D eigenvalue weighted by Crippen LogP contribution is -2.45. The summed E-state index contributed by atoms with van der Waals surface area (Å²) in [6, 6.07) is 0. The summed E-state index contributed by atoms with van der Waals surface area (Å²) in [7, 11) is 0. The van der Waals surface area contributed by atoms with Crippen LogP contribution >= 0.6 is 69.6 Å². The maximum atomic E-state index is 11.3. The highest BCUT2D eigenvalue weighted by Crippen LogP contribution is 2.76. The highest BCUT2D eigenvalue weighted by Gasteiger charge is 2.85. The van der Waals surface area contributed by atoms with Crippen molar-refractivity contribution in [3.8, 4) is 0 Å². The summed E-state index contributed by atoms with van der Waals surface area (Å²) >= 11 is 36.2. The highest BCUT2D eigenvalue weighted by atomic mass is 35.5. The Hall–Kier alpha value is 0.420. The van der Waals surface area contributed by atoms with Gasteiger partial charge in [-0.3, -0.25) is 9.59 Å². The molecule has 0 aliphatic heterocycles. The van der Waals surface area contributed by atoms with Crippen LogP contribution in [-0.2, 0) is 9.59 Å². The van der Waals surface area contributed by atoms with Crippen LogP contribution in [0.3, 0.4) is 0 Å². The zero-order valence-electron chi connectivity index (χ0n) is 8.63. The van der Waals surface area contributed by atoms with E-state index in [2.05, 4.69) is 0 Å². The number of halogens is 6. The summed E-state index contributed by atoms with van der Waals surface area (Å²) in [5.74, 6) is -6.49. The van der Waals surface area contributed by atoms with Gasteiger partial charge in [-0.05, 0) is 0 Å². The molecule has 2 N–H and O–H groups in total. The Morgan fingerprint density at radius 1 is 0.842 bits per heavy atom. The van der Waals surface area contributed by atoms with Gasteiger partial charge in [0.05, 0.1) is 21.9 Å². The van der Waals surface area contributed by atoms with Crippen LogP contribution < -0.4 is 0 Å². The fraction of sp³-hybridized carbons (Fsp3) is 0.556. The monoisotopic (exact) mass is 386 g/mol. The Bertz CT molecular complexity index is 487. The maximum Gasteiger partial charge on any atom is 0.309 e. The van der Waals surface area contributed by atoms with E-state index in [1.165, 1.54) is 0 Å². The third-order valence-electron chi connectivity index (χ3n) is 3.47. The third kappa shape index (κ3) is 1.46. The second-order valence-corrected chi connectivity index (χ2v) is 7.53. The van der Waals surface area contributed by atoms with Crippen molar-refractivity contribution in [2.24, 2.45) is 11.8 Å². The van der Waals surface area contributed by atoms with Crippen molar-refractivity contribution in [3.05, 3.63) is 10.1 Å². The van der Waals surface area contributed by atoms with Gasteiger partial charge in [0.2, 0.25) is 0 Å². The first kappa shape index (κ1) is 15.8. The first-order valence-electron chi connectivity index (χ1n) is 4.73. The smallest absolute Gasteiger partial charge is 0.309 e. The number of hydrogen-bond acceptors (Lipinski definition) is 2. The van der Waals surface area contributed by atoms with E-state index < -0.39 is 37.9 Å². The van der Waals surface area contributed by atoms with Crippen molar-refractivity contribution >= 4 is 81.5 Å². The van der Waals surface area contributed by atoms with Crippen molar-refractivity contribution in [3.63, 3.8) is 0 Å². The summed E-state index contributed by atoms with van der Waals surface area (Å²) in [5, 5.41) is 17.8. The minimum atomic E-state index is -2.18. The Morgan fingerprint density at radius 3 is 1.32 bits per heavy atom. The van der Waals surface area contributed by atoms with Crippen molar-refractivity contribution in [1.82, 2.24) is 0 Å². The summed E-state index contributed by atoms with van der Waals surface area (Å²) in [6.45, 7) is 0. The van der Waals surface area contributed by atoms with E-state index in [0.29, 0.717) is 0 Å². The van der Waals surface area contributed by atoms with Crippen LogP contribution in [0.5, 0.6) is 0 Å². The van der Waals surface area contributed by atoms with E-state index in [0.717, 1.165) is 0 Å². The molecular formula is C9H4Cl6O4. The van der Waals surface area contributed by atoms with Gasteiger partial charge >= 0.3 is 11.9 Å². The number of allylic oxidation sites excluding steroid dienone is 2. The molecule has 2 rings (SSSR count). The van der Waals surface area contributed by atoms with Crippen molar-refractivity contribution in [2.45, 2.75) is 14.1 Å². The number of carboxylic acids is 2. The van der Waals surface area contributed by atoms with Crippen LogP contribution in [-0.4, -0.2) is 36.2 Å². The second-order valence-electron chi connectivity index (χ2n) is 4.26. The summed E-state index contributed by atoms with van der Waals surface area (Å²) < 4.78 is -2.18. The largest absolute Gasteiger partial charge is 0.481 e. The molecule has 0 aromatic heterocycles. The Morgan fingerprint density at radius 2 is 1.11 bits per heavy atom. The van der Waals surface area contributed by atoms with E-state index in [-0.39, 0.29) is 10.1 Å². The molecule has 0 amide bonds. The first-order chi connectivity index (χ1) is 8.45. The van der Waals surface area contributed by atoms with Gasteiger partial charge in [0.15, 0.2) is 4.33 Å². The molecule has 4 atom stereocenters. The van der Waals surface area contributed by atoms with Crippen LogP contribution in [0.1, 0.15) is 0 Å². The molecule has 0 aromatic rings. The fourth-order valence-electron chi connectivity index (χ4n) is 2.61. The molecule has 1 fully saturated rings.